The molecule has 4 nitrogen and oxygen atoms in total. The maximum Gasteiger partial charge on any atom is 0.224 e. The second-order valence-corrected chi connectivity index (χ2v) is 4.74. The van der Waals surface area contributed by atoms with E-state index in [-0.39, 0.29) is 12.1 Å². The Hall–Kier alpha value is -0.870. The third-order valence-corrected chi connectivity index (χ3v) is 3.15. The molecule has 88 valence electrons. The van der Waals surface area contributed by atoms with Crippen LogP contribution in [0.1, 0.15) is 31.4 Å². The number of hydrogen-bond donors (Lipinski definition) is 2. The van der Waals surface area contributed by atoms with E-state index in [1.807, 2.05) is 6.92 Å². The summed E-state index contributed by atoms with van der Waals surface area (Å²) < 4.78 is 0. The molecule has 0 radical (unpaired) electrons. The number of hydrogen-bond acceptors (Lipinski definition) is 4. The van der Waals surface area contributed by atoms with Crippen molar-refractivity contribution in [3.05, 3.63) is 16.9 Å². The Morgan fingerprint density at radius 3 is 2.81 bits per heavy atom. The smallest absolute Gasteiger partial charge is 0.224 e. The lowest BCUT2D eigenvalue weighted by Crippen LogP contribution is -2.43. The highest BCUT2D eigenvalue weighted by Gasteiger charge is 2.22. The zero-order valence-corrected chi connectivity index (χ0v) is 10.2. The number of nitrogens with two attached hydrogens (primary N) is 1. The van der Waals surface area contributed by atoms with Crippen LogP contribution in [0.15, 0.2) is 6.07 Å². The maximum absolute atomic E-state index is 6.05. The molecule has 1 saturated carbocycles. The molecule has 0 amide bonds. The van der Waals surface area contributed by atoms with Gasteiger partial charge in [0.25, 0.3) is 0 Å². The molecule has 3 N–H and O–H groups in total. The van der Waals surface area contributed by atoms with Crippen molar-refractivity contribution in [1.29, 1.82) is 0 Å². The summed E-state index contributed by atoms with van der Waals surface area (Å²) in [6, 6.07) is 2.20. The van der Waals surface area contributed by atoms with E-state index < -0.39 is 0 Å². The van der Waals surface area contributed by atoms with Crippen LogP contribution in [0.2, 0.25) is 5.15 Å². The number of anilines is 1. The minimum atomic E-state index is 0.191. The summed E-state index contributed by atoms with van der Waals surface area (Å²) in [5.41, 5.74) is 6.92. The molecule has 1 aliphatic rings. The predicted molar refractivity (Wildman–Crippen MR) is 65.6 cm³/mol. The largest absolute Gasteiger partial charge is 0.350 e. The van der Waals surface area contributed by atoms with E-state index in [1.54, 1.807) is 6.07 Å². The van der Waals surface area contributed by atoms with Crippen molar-refractivity contribution in [3.63, 3.8) is 0 Å². The lowest BCUT2D eigenvalue weighted by molar-refractivity contribution is 0.402. The van der Waals surface area contributed by atoms with E-state index >= 15 is 0 Å². The minimum absolute atomic E-state index is 0.191. The van der Waals surface area contributed by atoms with E-state index in [9.17, 15) is 0 Å². The fourth-order valence-electron chi connectivity index (χ4n) is 2.10. The first-order valence-corrected chi connectivity index (χ1v) is 6.06. The van der Waals surface area contributed by atoms with E-state index in [0.717, 1.165) is 18.5 Å². The summed E-state index contributed by atoms with van der Waals surface area (Å²) in [6.45, 7) is 1.90. The normalized spacial score (nSPS) is 25.4. The number of nitrogens with zero attached hydrogens (tertiary/aromatic N) is 2. The molecule has 2 atom stereocenters. The van der Waals surface area contributed by atoms with E-state index in [4.69, 9.17) is 17.3 Å². The highest BCUT2D eigenvalue weighted by Crippen LogP contribution is 2.20. The van der Waals surface area contributed by atoms with Crippen molar-refractivity contribution in [2.24, 2.45) is 5.73 Å². The van der Waals surface area contributed by atoms with Gasteiger partial charge in [0.1, 0.15) is 5.15 Å². The molecule has 0 bridgehead atoms. The Kier molecular flexibility index (Phi) is 3.61. The van der Waals surface area contributed by atoms with E-state index in [2.05, 4.69) is 15.3 Å². The van der Waals surface area contributed by atoms with Gasteiger partial charge in [-0.15, -0.1) is 0 Å². The standard InChI is InChI=1S/C11H17ClN4/c1-7-6-10(12)16-11(14-7)15-9-5-3-2-4-8(9)13/h6,8-9H,2-5,13H2,1H3,(H,14,15,16)/t8-,9+/m0/s1. The van der Waals surface area contributed by atoms with Crippen molar-refractivity contribution in [3.8, 4) is 0 Å². The van der Waals surface area contributed by atoms with Gasteiger partial charge in [0, 0.05) is 17.8 Å². The van der Waals surface area contributed by atoms with E-state index in [0.29, 0.717) is 11.1 Å². The Labute approximate surface area is 101 Å². The molecule has 1 aromatic rings. The lowest BCUT2D eigenvalue weighted by atomic mass is 9.91. The summed E-state index contributed by atoms with van der Waals surface area (Å²) in [5.74, 6) is 0.590. The first kappa shape index (κ1) is 11.6. The molecule has 1 aliphatic carbocycles. The highest BCUT2D eigenvalue weighted by atomic mass is 35.5. The van der Waals surface area contributed by atoms with Gasteiger partial charge in [0.15, 0.2) is 0 Å². The van der Waals surface area contributed by atoms with E-state index in [1.165, 1.54) is 12.8 Å². The number of rotatable bonds is 2. The molecular weight excluding hydrogens is 224 g/mol. The van der Waals surface area contributed by atoms with Crippen molar-refractivity contribution in [1.82, 2.24) is 9.97 Å². The third kappa shape index (κ3) is 2.83. The summed E-state index contributed by atoms with van der Waals surface area (Å²) >= 11 is 5.88. The molecule has 2 rings (SSSR count). The Balaban J connectivity index is 2.07. The fraction of sp³-hybridized carbons (Fsp3) is 0.636. The van der Waals surface area contributed by atoms with Gasteiger partial charge in [-0.1, -0.05) is 24.4 Å². The summed E-state index contributed by atoms with van der Waals surface area (Å²) in [4.78, 5) is 8.45. The van der Waals surface area contributed by atoms with Crippen LogP contribution >= 0.6 is 11.6 Å². The van der Waals surface area contributed by atoms with Gasteiger partial charge in [0.05, 0.1) is 0 Å². The van der Waals surface area contributed by atoms with Crippen LogP contribution in [0.5, 0.6) is 0 Å². The molecule has 0 saturated heterocycles. The summed E-state index contributed by atoms with van der Waals surface area (Å²) in [6.07, 6.45) is 4.58. The monoisotopic (exact) mass is 240 g/mol. The van der Waals surface area contributed by atoms with Crippen LogP contribution in [0.25, 0.3) is 0 Å². The molecule has 0 spiro atoms. The van der Waals surface area contributed by atoms with Gasteiger partial charge < -0.3 is 11.1 Å². The number of nitrogens with one attached hydrogen (secondary N) is 1. The van der Waals surface area contributed by atoms with Crippen molar-refractivity contribution in [2.45, 2.75) is 44.7 Å². The lowest BCUT2D eigenvalue weighted by Gasteiger charge is -2.29. The predicted octanol–water partition coefficient (Wildman–Crippen LogP) is 2.12. The second kappa shape index (κ2) is 4.97. The van der Waals surface area contributed by atoms with Gasteiger partial charge in [-0.2, -0.15) is 0 Å². The van der Waals surface area contributed by atoms with Crippen molar-refractivity contribution in [2.75, 3.05) is 5.32 Å². The molecule has 1 heterocycles. The molecular formula is C11H17ClN4. The van der Waals surface area contributed by atoms with Crippen LogP contribution in [0.3, 0.4) is 0 Å². The second-order valence-electron chi connectivity index (χ2n) is 4.35. The van der Waals surface area contributed by atoms with Gasteiger partial charge >= 0.3 is 0 Å². The van der Waals surface area contributed by atoms with Crippen LogP contribution in [-0.2, 0) is 0 Å². The SMILES string of the molecule is Cc1cc(Cl)nc(N[C@@H]2CCCC[C@@H]2N)n1. The Morgan fingerprint density at radius 1 is 1.38 bits per heavy atom. The fourth-order valence-corrected chi connectivity index (χ4v) is 2.34. The summed E-state index contributed by atoms with van der Waals surface area (Å²) in [7, 11) is 0. The average Bonchev–Trinajstić information content (AvgIpc) is 2.20. The van der Waals surface area contributed by atoms with Crippen LogP contribution in [-0.4, -0.2) is 22.1 Å². The van der Waals surface area contributed by atoms with Crippen molar-refractivity contribution >= 4 is 17.5 Å². The van der Waals surface area contributed by atoms with Gasteiger partial charge in [0.2, 0.25) is 5.95 Å². The summed E-state index contributed by atoms with van der Waals surface area (Å²) in [5, 5.41) is 3.75. The average molecular weight is 241 g/mol. The van der Waals surface area contributed by atoms with Crippen LogP contribution < -0.4 is 11.1 Å². The quantitative estimate of drug-likeness (QED) is 0.778. The number of halogens is 1. The molecule has 0 aliphatic heterocycles. The first-order valence-electron chi connectivity index (χ1n) is 5.68. The Bertz CT molecular complexity index is 349. The maximum atomic E-state index is 6.05. The van der Waals surface area contributed by atoms with Crippen molar-refractivity contribution < 1.29 is 0 Å². The zero-order valence-electron chi connectivity index (χ0n) is 9.41. The zero-order chi connectivity index (χ0) is 11.5. The third-order valence-electron chi connectivity index (χ3n) is 2.96. The molecule has 0 unspecified atom stereocenters. The number of aryl methyl sites for hydroxylation is 1. The van der Waals surface area contributed by atoms with Gasteiger partial charge in [-0.25, -0.2) is 9.97 Å². The number of aromatic nitrogens is 2. The Morgan fingerprint density at radius 2 is 2.12 bits per heavy atom. The molecule has 16 heavy (non-hydrogen) atoms. The van der Waals surface area contributed by atoms with Gasteiger partial charge in [-0.3, -0.25) is 0 Å². The minimum Gasteiger partial charge on any atom is -0.350 e. The first-order chi connectivity index (χ1) is 7.65. The van der Waals surface area contributed by atoms with Crippen LogP contribution in [0, 0.1) is 6.92 Å². The molecule has 0 aromatic carbocycles. The molecule has 1 aromatic heterocycles. The molecule has 1 fully saturated rings. The molecule has 5 heteroatoms. The highest BCUT2D eigenvalue weighted by molar-refractivity contribution is 6.29. The van der Waals surface area contributed by atoms with Gasteiger partial charge in [-0.05, 0) is 25.8 Å². The van der Waals surface area contributed by atoms with Crippen LogP contribution in [0.4, 0.5) is 5.95 Å². The topological polar surface area (TPSA) is 63.8 Å².